The lowest BCUT2D eigenvalue weighted by molar-refractivity contribution is -0.131. The van der Waals surface area contributed by atoms with Gasteiger partial charge in [0.25, 0.3) is 0 Å². The smallest absolute Gasteiger partial charge is 0.243 e. The lowest BCUT2D eigenvalue weighted by Crippen LogP contribution is -2.41. The highest BCUT2D eigenvalue weighted by molar-refractivity contribution is 5.87. The molecule has 0 radical (unpaired) electrons. The minimum Gasteiger partial charge on any atom is -0.381 e. The fraction of sp³-hybridized carbons (Fsp3) is 0.909. The van der Waals surface area contributed by atoms with Crippen molar-refractivity contribution in [3.63, 3.8) is 0 Å². The molecule has 0 spiro atoms. The number of ether oxygens (including phenoxy) is 3. The van der Waals surface area contributed by atoms with E-state index in [2.05, 4.69) is 17.5 Å². The number of fused-ring (bicyclic) bond motifs is 1. The first-order valence-corrected chi connectivity index (χ1v) is 11.0. The van der Waals surface area contributed by atoms with Crippen LogP contribution in [0.25, 0.3) is 0 Å². The van der Waals surface area contributed by atoms with Crippen LogP contribution in [0.3, 0.4) is 0 Å². The van der Waals surface area contributed by atoms with E-state index in [-0.39, 0.29) is 24.0 Å². The lowest BCUT2D eigenvalue weighted by atomic mass is 9.66. The SMILES string of the molecule is COC1CCC2CC(/C(C)=N/NC(=O)C3CCC(OC)C(OC)C3)CCC2C1. The molecule has 3 fully saturated rings. The molecule has 28 heavy (non-hydrogen) atoms. The van der Waals surface area contributed by atoms with Crippen LogP contribution in [0.4, 0.5) is 0 Å². The molecule has 6 nitrogen and oxygen atoms in total. The lowest BCUT2D eigenvalue weighted by Gasteiger charge is -2.41. The third-order valence-electron chi connectivity index (χ3n) is 7.54. The summed E-state index contributed by atoms with van der Waals surface area (Å²) in [6, 6.07) is 0. The minimum atomic E-state index is -0.0482. The van der Waals surface area contributed by atoms with Gasteiger partial charge in [-0.05, 0) is 82.5 Å². The molecule has 0 aliphatic heterocycles. The van der Waals surface area contributed by atoms with Crippen molar-refractivity contribution in [2.75, 3.05) is 21.3 Å². The van der Waals surface area contributed by atoms with E-state index in [1.54, 1.807) is 14.2 Å². The van der Waals surface area contributed by atoms with Gasteiger partial charge in [-0.1, -0.05) is 0 Å². The maximum atomic E-state index is 12.6. The van der Waals surface area contributed by atoms with E-state index in [9.17, 15) is 4.79 Å². The zero-order valence-corrected chi connectivity index (χ0v) is 18.0. The van der Waals surface area contributed by atoms with Crippen molar-refractivity contribution in [1.29, 1.82) is 0 Å². The summed E-state index contributed by atoms with van der Waals surface area (Å²) >= 11 is 0. The van der Waals surface area contributed by atoms with Crippen molar-refractivity contribution in [1.82, 2.24) is 5.43 Å². The quantitative estimate of drug-likeness (QED) is 0.553. The summed E-state index contributed by atoms with van der Waals surface area (Å²) in [4.78, 5) is 12.6. The van der Waals surface area contributed by atoms with Crippen molar-refractivity contribution in [2.45, 2.75) is 83.0 Å². The third-order valence-corrected chi connectivity index (χ3v) is 7.54. The molecule has 0 aromatic heterocycles. The van der Waals surface area contributed by atoms with Gasteiger partial charge in [-0.2, -0.15) is 5.10 Å². The normalized spacial score (nSPS) is 39.3. The maximum absolute atomic E-state index is 12.6. The molecule has 3 aliphatic carbocycles. The summed E-state index contributed by atoms with van der Waals surface area (Å²) in [7, 11) is 5.24. The summed E-state index contributed by atoms with van der Waals surface area (Å²) in [5.41, 5.74) is 3.93. The summed E-state index contributed by atoms with van der Waals surface area (Å²) in [6.07, 6.45) is 10.2. The number of nitrogens with zero attached hydrogens (tertiary/aromatic N) is 1. The van der Waals surface area contributed by atoms with Crippen LogP contribution in [0.1, 0.15) is 64.7 Å². The molecule has 1 amide bonds. The molecule has 7 atom stereocenters. The highest BCUT2D eigenvalue weighted by Crippen LogP contribution is 2.43. The second-order valence-electron chi connectivity index (χ2n) is 8.99. The Morgan fingerprint density at radius 2 is 1.46 bits per heavy atom. The Morgan fingerprint density at radius 3 is 2.18 bits per heavy atom. The van der Waals surface area contributed by atoms with Gasteiger partial charge in [0.05, 0.1) is 18.3 Å². The number of rotatable bonds is 6. The van der Waals surface area contributed by atoms with Gasteiger partial charge < -0.3 is 14.2 Å². The first-order valence-electron chi connectivity index (χ1n) is 11.0. The van der Waals surface area contributed by atoms with Gasteiger partial charge >= 0.3 is 0 Å². The number of hydrogen-bond donors (Lipinski definition) is 1. The van der Waals surface area contributed by atoms with Crippen LogP contribution < -0.4 is 5.43 Å². The molecule has 3 saturated carbocycles. The van der Waals surface area contributed by atoms with Crippen molar-refractivity contribution in [2.24, 2.45) is 28.8 Å². The number of carbonyl (C=O) groups is 1. The molecule has 0 aromatic rings. The maximum Gasteiger partial charge on any atom is 0.243 e. The van der Waals surface area contributed by atoms with Gasteiger partial charge in [0.15, 0.2) is 0 Å². The molecule has 0 heterocycles. The summed E-state index contributed by atoms with van der Waals surface area (Å²) in [6.45, 7) is 2.08. The number of nitrogens with one attached hydrogen (secondary N) is 1. The molecule has 0 aromatic carbocycles. The van der Waals surface area contributed by atoms with Crippen LogP contribution in [-0.2, 0) is 19.0 Å². The zero-order valence-electron chi connectivity index (χ0n) is 18.0. The molecule has 3 aliphatic rings. The van der Waals surface area contributed by atoms with Gasteiger partial charge in [-0.3, -0.25) is 4.79 Å². The Bertz CT molecular complexity index is 553. The molecule has 7 unspecified atom stereocenters. The number of hydrogen-bond acceptors (Lipinski definition) is 5. The Kier molecular flexibility index (Phi) is 7.89. The molecule has 1 N–H and O–H groups in total. The average molecular weight is 395 g/mol. The van der Waals surface area contributed by atoms with Crippen molar-refractivity contribution in [3.8, 4) is 0 Å². The third kappa shape index (κ3) is 5.14. The van der Waals surface area contributed by atoms with E-state index in [0.29, 0.717) is 18.4 Å². The Labute approximate surface area is 169 Å². The average Bonchev–Trinajstić information content (AvgIpc) is 2.75. The topological polar surface area (TPSA) is 69.2 Å². The molecule has 160 valence electrons. The molecule has 0 bridgehead atoms. The predicted octanol–water partition coefficient (Wildman–Crippen LogP) is 3.54. The van der Waals surface area contributed by atoms with Crippen molar-refractivity contribution < 1.29 is 19.0 Å². The monoisotopic (exact) mass is 394 g/mol. The predicted molar refractivity (Wildman–Crippen MR) is 109 cm³/mol. The van der Waals surface area contributed by atoms with E-state index in [1.807, 2.05) is 7.11 Å². The van der Waals surface area contributed by atoms with Gasteiger partial charge in [0.1, 0.15) is 0 Å². The van der Waals surface area contributed by atoms with Crippen molar-refractivity contribution >= 4 is 11.6 Å². The Balaban J connectivity index is 1.48. The number of methoxy groups -OCH3 is 3. The van der Waals surface area contributed by atoms with Crippen LogP contribution in [0, 0.1) is 23.7 Å². The summed E-state index contributed by atoms with van der Waals surface area (Å²) in [5.74, 6) is 2.06. The summed E-state index contributed by atoms with van der Waals surface area (Å²) in [5, 5.41) is 4.50. The number of hydrazone groups is 1. The van der Waals surface area contributed by atoms with Crippen LogP contribution in [0.2, 0.25) is 0 Å². The largest absolute Gasteiger partial charge is 0.381 e. The Hall–Kier alpha value is -0.980. The highest BCUT2D eigenvalue weighted by atomic mass is 16.5. The number of amides is 1. The van der Waals surface area contributed by atoms with Gasteiger partial charge in [-0.25, -0.2) is 5.43 Å². The molecule has 6 heteroatoms. The Morgan fingerprint density at radius 1 is 0.786 bits per heavy atom. The highest BCUT2D eigenvalue weighted by Gasteiger charge is 2.37. The first kappa shape index (κ1) is 21.7. The van der Waals surface area contributed by atoms with Crippen LogP contribution in [0.15, 0.2) is 5.10 Å². The van der Waals surface area contributed by atoms with E-state index in [1.165, 1.54) is 38.5 Å². The van der Waals surface area contributed by atoms with E-state index in [4.69, 9.17) is 14.2 Å². The van der Waals surface area contributed by atoms with E-state index >= 15 is 0 Å². The van der Waals surface area contributed by atoms with Crippen molar-refractivity contribution in [3.05, 3.63) is 0 Å². The fourth-order valence-electron chi connectivity index (χ4n) is 5.62. The van der Waals surface area contributed by atoms with Crippen LogP contribution in [-0.4, -0.2) is 51.3 Å². The first-order chi connectivity index (χ1) is 13.5. The second kappa shape index (κ2) is 10.2. The fourth-order valence-corrected chi connectivity index (χ4v) is 5.62. The molecular formula is C22H38N2O4. The van der Waals surface area contributed by atoms with Crippen LogP contribution in [0.5, 0.6) is 0 Å². The second-order valence-corrected chi connectivity index (χ2v) is 8.99. The van der Waals surface area contributed by atoms with Gasteiger partial charge in [-0.15, -0.1) is 0 Å². The minimum absolute atomic E-state index is 0.0166. The number of carbonyl (C=O) groups excluding carboxylic acids is 1. The summed E-state index contributed by atoms with van der Waals surface area (Å²) < 4.78 is 16.6. The molecular weight excluding hydrogens is 356 g/mol. The molecule has 0 saturated heterocycles. The standard InChI is InChI=1S/C22H38N2O4/c1-14(15-5-6-17-12-19(26-2)9-7-16(17)11-15)23-24-22(25)18-8-10-20(27-3)21(13-18)28-4/h15-21H,5-13H2,1-4H3,(H,24,25)/b23-14+. The molecule has 3 rings (SSSR count). The van der Waals surface area contributed by atoms with Gasteiger partial charge in [0, 0.05) is 33.0 Å². The van der Waals surface area contributed by atoms with Gasteiger partial charge in [0.2, 0.25) is 5.91 Å². The van der Waals surface area contributed by atoms with E-state index in [0.717, 1.165) is 30.4 Å². The zero-order chi connectivity index (χ0) is 20.1. The van der Waals surface area contributed by atoms with Crippen LogP contribution >= 0.6 is 0 Å². The van der Waals surface area contributed by atoms with E-state index < -0.39 is 0 Å².